The van der Waals surface area contributed by atoms with Crippen LogP contribution in [0.15, 0.2) is 34.0 Å². The fourth-order valence-corrected chi connectivity index (χ4v) is 1.22. The fraction of sp³-hybridized carbons (Fsp3) is 0.222. The van der Waals surface area contributed by atoms with Crippen LogP contribution in [0.5, 0.6) is 0 Å². The molecule has 0 radical (unpaired) electrons. The summed E-state index contributed by atoms with van der Waals surface area (Å²) in [5.74, 6) is -0.294. The molecule has 2 aliphatic rings. The number of ether oxygens (including phenoxy) is 1. The van der Waals surface area contributed by atoms with Gasteiger partial charge in [0.25, 0.3) is 0 Å². The minimum atomic E-state index is -0.427. The van der Waals surface area contributed by atoms with Gasteiger partial charge in [0, 0.05) is 12.4 Å². The highest BCUT2D eigenvalue weighted by atomic mass is 16.5. The molecule has 0 N–H and O–H groups in total. The van der Waals surface area contributed by atoms with Crippen molar-refractivity contribution >= 4 is 17.9 Å². The van der Waals surface area contributed by atoms with Crippen LogP contribution < -0.4 is 0 Å². The summed E-state index contributed by atoms with van der Waals surface area (Å²) in [6, 6.07) is 0. The number of fused-ring (bicyclic) bond motifs is 1. The first-order valence-electron chi connectivity index (χ1n) is 3.90. The van der Waals surface area contributed by atoms with Gasteiger partial charge in [0.1, 0.15) is 5.70 Å². The summed E-state index contributed by atoms with van der Waals surface area (Å²) >= 11 is 0. The van der Waals surface area contributed by atoms with Crippen LogP contribution in [0.1, 0.15) is 0 Å². The molecule has 66 valence electrons. The Morgan fingerprint density at radius 3 is 3.23 bits per heavy atom. The number of rotatable bonds is 1. The molecule has 2 heterocycles. The van der Waals surface area contributed by atoms with Crippen LogP contribution >= 0.6 is 0 Å². The van der Waals surface area contributed by atoms with Crippen molar-refractivity contribution in [2.75, 3.05) is 7.11 Å². The van der Waals surface area contributed by atoms with Crippen LogP contribution in [0.3, 0.4) is 0 Å². The third-order valence-corrected chi connectivity index (χ3v) is 1.91. The highest BCUT2D eigenvalue weighted by Crippen LogP contribution is 2.16. The molecule has 4 nitrogen and oxygen atoms in total. The van der Waals surface area contributed by atoms with E-state index in [0.717, 1.165) is 5.71 Å². The van der Waals surface area contributed by atoms with Gasteiger partial charge < -0.3 is 4.74 Å². The molecule has 0 spiro atoms. The van der Waals surface area contributed by atoms with Crippen LogP contribution in [-0.2, 0) is 9.53 Å². The Morgan fingerprint density at radius 2 is 2.46 bits per heavy atom. The third-order valence-electron chi connectivity index (χ3n) is 1.91. The second-order valence-electron chi connectivity index (χ2n) is 2.72. The lowest BCUT2D eigenvalue weighted by Gasteiger charge is -2.09. The SMILES string of the molecule is COC(=O)C1=CC2=NC=C[C@@H]2C=N1. The zero-order chi connectivity index (χ0) is 9.26. The molecule has 0 saturated carbocycles. The second-order valence-corrected chi connectivity index (χ2v) is 2.72. The number of carbonyl (C=O) groups is 1. The van der Waals surface area contributed by atoms with Crippen LogP contribution in [0.4, 0.5) is 0 Å². The molecule has 0 aromatic rings. The predicted molar refractivity (Wildman–Crippen MR) is 48.7 cm³/mol. The highest BCUT2D eigenvalue weighted by molar-refractivity contribution is 6.14. The molecule has 0 fully saturated rings. The van der Waals surface area contributed by atoms with Gasteiger partial charge in [-0.15, -0.1) is 0 Å². The number of nitrogens with zero attached hydrogens (tertiary/aromatic N) is 2. The summed E-state index contributed by atoms with van der Waals surface area (Å²) < 4.78 is 4.54. The summed E-state index contributed by atoms with van der Waals surface area (Å²) in [4.78, 5) is 19.1. The van der Waals surface area contributed by atoms with Crippen molar-refractivity contribution in [2.24, 2.45) is 15.9 Å². The molecule has 0 saturated heterocycles. The van der Waals surface area contributed by atoms with Crippen molar-refractivity contribution in [1.29, 1.82) is 0 Å². The quantitative estimate of drug-likeness (QED) is 0.552. The smallest absolute Gasteiger partial charge is 0.356 e. The van der Waals surface area contributed by atoms with E-state index in [9.17, 15) is 4.79 Å². The maximum Gasteiger partial charge on any atom is 0.356 e. The Balaban J connectivity index is 2.26. The molecule has 2 aliphatic heterocycles. The Labute approximate surface area is 75.3 Å². The zero-order valence-electron chi connectivity index (χ0n) is 7.10. The number of hydrogen-bond acceptors (Lipinski definition) is 4. The number of esters is 1. The van der Waals surface area contributed by atoms with E-state index >= 15 is 0 Å². The highest BCUT2D eigenvalue weighted by Gasteiger charge is 2.20. The van der Waals surface area contributed by atoms with Crippen LogP contribution in [0, 0.1) is 5.92 Å². The van der Waals surface area contributed by atoms with Crippen molar-refractivity contribution in [2.45, 2.75) is 0 Å². The number of aliphatic imine (C=N–C) groups is 2. The first kappa shape index (κ1) is 7.91. The van der Waals surface area contributed by atoms with Crippen molar-refractivity contribution < 1.29 is 9.53 Å². The Bertz CT molecular complexity index is 364. The van der Waals surface area contributed by atoms with Crippen LogP contribution in [-0.4, -0.2) is 25.0 Å². The van der Waals surface area contributed by atoms with E-state index in [2.05, 4.69) is 14.7 Å². The van der Waals surface area contributed by atoms with Gasteiger partial charge in [0.15, 0.2) is 0 Å². The third kappa shape index (κ3) is 1.30. The normalized spacial score (nSPS) is 23.6. The van der Waals surface area contributed by atoms with Gasteiger partial charge in [-0.3, -0.25) is 9.98 Å². The molecular formula is C9H8N2O2. The summed E-state index contributed by atoms with van der Waals surface area (Å²) in [7, 11) is 1.33. The average Bonchev–Trinajstić information content (AvgIpc) is 2.63. The average molecular weight is 176 g/mol. The Morgan fingerprint density at radius 1 is 1.62 bits per heavy atom. The minimum Gasteiger partial charge on any atom is -0.464 e. The Kier molecular flexibility index (Phi) is 1.81. The largest absolute Gasteiger partial charge is 0.464 e. The van der Waals surface area contributed by atoms with Crippen LogP contribution in [0.25, 0.3) is 0 Å². The monoisotopic (exact) mass is 176 g/mol. The topological polar surface area (TPSA) is 51.0 Å². The second kappa shape index (κ2) is 2.97. The molecule has 0 aliphatic carbocycles. The van der Waals surface area contributed by atoms with E-state index in [1.54, 1.807) is 18.5 Å². The molecule has 0 amide bonds. The fourth-order valence-electron chi connectivity index (χ4n) is 1.22. The summed E-state index contributed by atoms with van der Waals surface area (Å²) in [5, 5.41) is 0. The van der Waals surface area contributed by atoms with E-state index in [1.807, 2.05) is 6.08 Å². The van der Waals surface area contributed by atoms with Crippen molar-refractivity contribution in [3.63, 3.8) is 0 Å². The molecule has 2 rings (SSSR count). The van der Waals surface area contributed by atoms with Crippen molar-refractivity contribution in [1.82, 2.24) is 0 Å². The first-order valence-corrected chi connectivity index (χ1v) is 3.90. The molecule has 0 unspecified atom stereocenters. The van der Waals surface area contributed by atoms with Crippen molar-refractivity contribution in [3.8, 4) is 0 Å². The molecule has 1 atom stereocenters. The summed E-state index contributed by atoms with van der Waals surface area (Å²) in [6.45, 7) is 0. The lowest BCUT2D eigenvalue weighted by Crippen LogP contribution is -2.16. The van der Waals surface area contributed by atoms with Crippen LogP contribution in [0.2, 0.25) is 0 Å². The first-order chi connectivity index (χ1) is 6.31. The molecule has 4 heteroatoms. The van der Waals surface area contributed by atoms with E-state index in [4.69, 9.17) is 0 Å². The number of allylic oxidation sites excluding steroid dienone is 2. The molecule has 13 heavy (non-hydrogen) atoms. The van der Waals surface area contributed by atoms with Gasteiger partial charge in [-0.2, -0.15) is 0 Å². The number of carbonyl (C=O) groups excluding carboxylic acids is 1. The van der Waals surface area contributed by atoms with Gasteiger partial charge in [0.2, 0.25) is 0 Å². The van der Waals surface area contributed by atoms with Gasteiger partial charge >= 0.3 is 5.97 Å². The van der Waals surface area contributed by atoms with E-state index in [1.165, 1.54) is 7.11 Å². The lowest BCUT2D eigenvalue weighted by atomic mass is 10.0. The summed E-state index contributed by atoms with van der Waals surface area (Å²) in [6.07, 6.45) is 6.97. The predicted octanol–water partition coefficient (Wildman–Crippen LogP) is 0.712. The van der Waals surface area contributed by atoms with E-state index in [0.29, 0.717) is 5.70 Å². The van der Waals surface area contributed by atoms with Gasteiger partial charge in [-0.05, 0) is 6.08 Å². The summed E-state index contributed by atoms with van der Waals surface area (Å²) in [5.41, 5.74) is 1.15. The van der Waals surface area contributed by atoms with Crippen molar-refractivity contribution in [3.05, 3.63) is 24.0 Å². The van der Waals surface area contributed by atoms with E-state index in [-0.39, 0.29) is 5.92 Å². The maximum absolute atomic E-state index is 11.1. The maximum atomic E-state index is 11.1. The molecule has 0 bridgehead atoms. The number of methoxy groups -OCH3 is 1. The standard InChI is InChI=1S/C9H8N2O2/c1-13-9(12)8-4-7-6(5-11-8)2-3-10-7/h2-6H,1H3/t6-/m1/s1. The molecule has 0 aromatic heterocycles. The minimum absolute atomic E-state index is 0.133. The number of hydrogen-bond donors (Lipinski definition) is 0. The molecular weight excluding hydrogens is 168 g/mol. The van der Waals surface area contributed by atoms with E-state index < -0.39 is 5.97 Å². The van der Waals surface area contributed by atoms with Gasteiger partial charge in [-0.25, -0.2) is 4.79 Å². The molecule has 0 aromatic carbocycles. The Hall–Kier alpha value is -1.71. The zero-order valence-corrected chi connectivity index (χ0v) is 7.10. The lowest BCUT2D eigenvalue weighted by molar-refractivity contribution is -0.136. The van der Waals surface area contributed by atoms with Gasteiger partial charge in [0.05, 0.1) is 18.7 Å². The van der Waals surface area contributed by atoms with Gasteiger partial charge in [-0.1, -0.05) is 6.08 Å².